The number of halogens is 1. The molecule has 1 atom stereocenters. The van der Waals surface area contributed by atoms with E-state index in [1.54, 1.807) is 18.2 Å². The molecule has 2 aromatic rings. The Kier molecular flexibility index (Phi) is 5.83. The Bertz CT molecular complexity index is 950. The number of carbonyl (C=O) groups is 2. The fraction of sp³-hybridized carbons (Fsp3) is 0.364. The smallest absolute Gasteiger partial charge is 0.407 e. The second-order valence-electron chi connectivity index (χ2n) is 7.84. The molecule has 158 valence electrons. The topological polar surface area (TPSA) is 79.9 Å². The number of alkyl carbamates (subject to hydrolysis) is 1. The molecule has 7 nitrogen and oxygen atoms in total. The number of aryl methyl sites for hydroxylation is 1. The van der Waals surface area contributed by atoms with Crippen molar-refractivity contribution >= 4 is 29.3 Å². The molecule has 2 aliphatic rings. The number of anilines is 1. The number of amides is 2. The number of ether oxygens (including phenoxy) is 2. The van der Waals surface area contributed by atoms with E-state index >= 15 is 0 Å². The fourth-order valence-corrected chi connectivity index (χ4v) is 4.04. The van der Waals surface area contributed by atoms with Gasteiger partial charge in [0.05, 0.1) is 18.8 Å². The van der Waals surface area contributed by atoms with Gasteiger partial charge in [-0.15, -0.1) is 0 Å². The third-order valence-corrected chi connectivity index (χ3v) is 5.55. The van der Waals surface area contributed by atoms with Crippen LogP contribution in [0.25, 0.3) is 0 Å². The average Bonchev–Trinajstić information content (AvgIpc) is 3.05. The van der Waals surface area contributed by atoms with E-state index in [-0.39, 0.29) is 12.5 Å². The number of nitrogens with zero attached hydrogens (tertiary/aromatic N) is 1. The fourth-order valence-electron chi connectivity index (χ4n) is 3.87. The van der Waals surface area contributed by atoms with Gasteiger partial charge >= 0.3 is 6.09 Å². The molecule has 0 saturated carbocycles. The van der Waals surface area contributed by atoms with Crippen molar-refractivity contribution < 1.29 is 19.1 Å². The molecule has 1 spiro atoms. The van der Waals surface area contributed by atoms with Crippen LogP contribution in [0.4, 0.5) is 10.5 Å². The lowest BCUT2D eigenvalue weighted by atomic mass is 9.93. The summed E-state index contributed by atoms with van der Waals surface area (Å²) in [6.07, 6.45) is 1.27. The standard InChI is InChI=1S/C22H24ClN3O4/c1-15-3-6-17(7-4-15)29-19-8-5-16(23)11-18(19)25-20(27)12-26-10-2-9-22(14-26)13-24-21(28)30-22/h3-8,11H,2,9-10,12-14H2,1H3,(H,24,28)(H,25,27). The van der Waals surface area contributed by atoms with E-state index in [4.69, 9.17) is 21.1 Å². The molecular formula is C22H24ClN3O4. The maximum absolute atomic E-state index is 12.7. The molecule has 2 amide bonds. The van der Waals surface area contributed by atoms with E-state index in [1.165, 1.54) is 0 Å². The highest BCUT2D eigenvalue weighted by Gasteiger charge is 2.43. The average molecular weight is 430 g/mol. The Morgan fingerprint density at radius 2 is 2.10 bits per heavy atom. The van der Waals surface area contributed by atoms with Gasteiger partial charge in [-0.25, -0.2) is 4.79 Å². The van der Waals surface area contributed by atoms with Gasteiger partial charge in [-0.2, -0.15) is 0 Å². The molecule has 2 N–H and O–H groups in total. The molecule has 8 heteroatoms. The maximum Gasteiger partial charge on any atom is 0.407 e. The molecule has 0 aromatic heterocycles. The largest absolute Gasteiger partial charge is 0.455 e. The van der Waals surface area contributed by atoms with E-state index in [9.17, 15) is 9.59 Å². The predicted octanol–water partition coefficient (Wildman–Crippen LogP) is 3.95. The highest BCUT2D eigenvalue weighted by Crippen LogP contribution is 2.32. The van der Waals surface area contributed by atoms with Crippen LogP contribution >= 0.6 is 11.6 Å². The van der Waals surface area contributed by atoms with Gasteiger partial charge in [-0.3, -0.25) is 9.69 Å². The monoisotopic (exact) mass is 429 g/mol. The first kappa shape index (κ1) is 20.5. The van der Waals surface area contributed by atoms with Crippen molar-refractivity contribution in [3.63, 3.8) is 0 Å². The first-order valence-corrected chi connectivity index (χ1v) is 10.3. The van der Waals surface area contributed by atoms with Gasteiger partial charge in [-0.1, -0.05) is 29.3 Å². The molecule has 4 rings (SSSR count). The summed E-state index contributed by atoms with van der Waals surface area (Å²) in [5.74, 6) is 1.01. The van der Waals surface area contributed by atoms with Gasteiger partial charge in [0.15, 0.2) is 5.75 Å². The summed E-state index contributed by atoms with van der Waals surface area (Å²) in [7, 11) is 0. The van der Waals surface area contributed by atoms with Gasteiger partial charge < -0.3 is 20.1 Å². The molecule has 0 bridgehead atoms. The van der Waals surface area contributed by atoms with Crippen LogP contribution in [0.3, 0.4) is 0 Å². The van der Waals surface area contributed by atoms with E-state index in [1.807, 2.05) is 36.1 Å². The minimum atomic E-state index is -0.536. The summed E-state index contributed by atoms with van der Waals surface area (Å²) < 4.78 is 11.4. The van der Waals surface area contributed by atoms with E-state index < -0.39 is 11.7 Å². The lowest BCUT2D eigenvalue weighted by Gasteiger charge is -2.37. The summed E-state index contributed by atoms with van der Waals surface area (Å²) >= 11 is 6.14. The zero-order valence-electron chi connectivity index (χ0n) is 16.7. The van der Waals surface area contributed by atoms with Crippen molar-refractivity contribution in [3.8, 4) is 11.5 Å². The SMILES string of the molecule is Cc1ccc(Oc2ccc(Cl)cc2NC(=O)CN2CCCC3(CNC(=O)O3)C2)cc1. The van der Waals surface area contributed by atoms with Gasteiger partial charge in [-0.05, 0) is 56.6 Å². The third-order valence-electron chi connectivity index (χ3n) is 5.31. The van der Waals surface area contributed by atoms with Crippen LogP contribution in [0, 0.1) is 6.92 Å². The number of hydrogen-bond acceptors (Lipinski definition) is 5. The minimum absolute atomic E-state index is 0.180. The number of rotatable bonds is 5. The number of piperidine rings is 1. The van der Waals surface area contributed by atoms with Crippen LogP contribution in [0.2, 0.25) is 5.02 Å². The highest BCUT2D eigenvalue weighted by molar-refractivity contribution is 6.31. The van der Waals surface area contributed by atoms with Crippen molar-refractivity contribution in [1.29, 1.82) is 0 Å². The van der Waals surface area contributed by atoms with Gasteiger partial charge in [0.1, 0.15) is 11.4 Å². The lowest BCUT2D eigenvalue weighted by Crippen LogP contribution is -2.52. The number of nitrogens with one attached hydrogen (secondary N) is 2. The Balaban J connectivity index is 1.42. The van der Waals surface area contributed by atoms with Crippen molar-refractivity contribution in [3.05, 3.63) is 53.1 Å². The van der Waals surface area contributed by atoms with Gasteiger partial charge in [0.25, 0.3) is 0 Å². The van der Waals surface area contributed by atoms with Crippen LogP contribution in [-0.2, 0) is 9.53 Å². The minimum Gasteiger partial charge on any atom is -0.455 e. The number of benzene rings is 2. The summed E-state index contributed by atoms with van der Waals surface area (Å²) in [5.41, 5.74) is 1.11. The molecule has 2 fully saturated rings. The molecule has 2 aliphatic heterocycles. The molecule has 2 saturated heterocycles. The Hall–Kier alpha value is -2.77. The molecule has 0 aliphatic carbocycles. The normalized spacial score (nSPS) is 21.2. The van der Waals surface area contributed by atoms with Gasteiger partial charge in [0.2, 0.25) is 5.91 Å². The van der Waals surface area contributed by atoms with Crippen molar-refractivity contribution in [2.45, 2.75) is 25.4 Å². The molecule has 2 heterocycles. The van der Waals surface area contributed by atoms with Crippen molar-refractivity contribution in [2.75, 3.05) is 31.5 Å². The molecule has 1 unspecified atom stereocenters. The van der Waals surface area contributed by atoms with E-state index in [0.717, 1.165) is 24.9 Å². The second kappa shape index (κ2) is 8.53. The van der Waals surface area contributed by atoms with E-state index in [0.29, 0.717) is 35.3 Å². The molecule has 0 radical (unpaired) electrons. The van der Waals surface area contributed by atoms with Crippen LogP contribution in [0.1, 0.15) is 18.4 Å². The van der Waals surface area contributed by atoms with Crippen LogP contribution in [0.5, 0.6) is 11.5 Å². The summed E-state index contributed by atoms with van der Waals surface area (Å²) in [6, 6.07) is 12.8. The summed E-state index contributed by atoms with van der Waals surface area (Å²) in [4.78, 5) is 26.2. The van der Waals surface area contributed by atoms with Crippen LogP contribution in [-0.4, -0.2) is 48.7 Å². The maximum atomic E-state index is 12.7. The third kappa shape index (κ3) is 4.86. The first-order valence-electron chi connectivity index (χ1n) is 9.94. The number of hydrogen-bond donors (Lipinski definition) is 2. The first-order chi connectivity index (χ1) is 14.4. The Morgan fingerprint density at radius 3 is 2.83 bits per heavy atom. The number of likely N-dealkylation sites (tertiary alicyclic amines) is 1. The Morgan fingerprint density at radius 1 is 1.30 bits per heavy atom. The molecule has 2 aromatic carbocycles. The quantitative estimate of drug-likeness (QED) is 0.752. The predicted molar refractivity (Wildman–Crippen MR) is 114 cm³/mol. The van der Waals surface area contributed by atoms with E-state index in [2.05, 4.69) is 10.6 Å². The lowest BCUT2D eigenvalue weighted by molar-refractivity contribution is -0.118. The molecule has 30 heavy (non-hydrogen) atoms. The van der Waals surface area contributed by atoms with Crippen LogP contribution < -0.4 is 15.4 Å². The van der Waals surface area contributed by atoms with Crippen molar-refractivity contribution in [2.24, 2.45) is 0 Å². The van der Waals surface area contributed by atoms with Gasteiger partial charge in [0, 0.05) is 11.6 Å². The van der Waals surface area contributed by atoms with Crippen LogP contribution in [0.15, 0.2) is 42.5 Å². The zero-order chi connectivity index (χ0) is 21.1. The number of carbonyl (C=O) groups excluding carboxylic acids is 2. The zero-order valence-corrected chi connectivity index (χ0v) is 17.5. The highest BCUT2D eigenvalue weighted by atomic mass is 35.5. The summed E-state index contributed by atoms with van der Waals surface area (Å²) in [5, 5.41) is 6.12. The van der Waals surface area contributed by atoms with Crippen molar-refractivity contribution in [1.82, 2.24) is 10.2 Å². The molecular weight excluding hydrogens is 406 g/mol. The summed E-state index contributed by atoms with van der Waals surface area (Å²) in [6.45, 7) is 3.98. The Labute approximate surface area is 180 Å². The second-order valence-corrected chi connectivity index (χ2v) is 8.28.